The second-order valence-corrected chi connectivity index (χ2v) is 6.20. The molecule has 1 aromatic heterocycles. The molecule has 0 aliphatic carbocycles. The summed E-state index contributed by atoms with van der Waals surface area (Å²) in [5.74, 6) is 2.10. The van der Waals surface area contributed by atoms with Gasteiger partial charge in [-0.1, -0.05) is 25.4 Å². The zero-order chi connectivity index (χ0) is 13.6. The van der Waals surface area contributed by atoms with E-state index in [2.05, 4.69) is 23.7 Å². The van der Waals surface area contributed by atoms with Crippen molar-refractivity contribution in [2.24, 2.45) is 0 Å². The molecule has 3 heterocycles. The molecule has 0 aromatic carbocycles. The maximum atomic E-state index is 6.26. The van der Waals surface area contributed by atoms with E-state index in [4.69, 9.17) is 21.3 Å². The van der Waals surface area contributed by atoms with Gasteiger partial charge in [-0.2, -0.15) is 0 Å². The summed E-state index contributed by atoms with van der Waals surface area (Å²) in [6, 6.07) is 0. The molecule has 2 saturated heterocycles. The van der Waals surface area contributed by atoms with Crippen LogP contribution in [0.4, 0.5) is 5.82 Å². The van der Waals surface area contributed by atoms with Gasteiger partial charge in [-0.05, 0) is 19.8 Å². The molecule has 3 rings (SSSR count). The van der Waals surface area contributed by atoms with E-state index in [1.165, 1.54) is 0 Å². The molecule has 0 spiro atoms. The summed E-state index contributed by atoms with van der Waals surface area (Å²) in [7, 11) is 0. The summed E-state index contributed by atoms with van der Waals surface area (Å²) in [6.45, 7) is 8.02. The van der Waals surface area contributed by atoms with Gasteiger partial charge in [0.2, 0.25) is 0 Å². The van der Waals surface area contributed by atoms with Gasteiger partial charge in [0.25, 0.3) is 0 Å². The highest BCUT2D eigenvalue weighted by Gasteiger charge is 2.35. The third-order valence-corrected chi connectivity index (χ3v) is 4.31. The van der Waals surface area contributed by atoms with E-state index in [1.54, 1.807) is 0 Å². The highest BCUT2D eigenvalue weighted by Crippen LogP contribution is 2.32. The molecule has 0 N–H and O–H groups in total. The van der Waals surface area contributed by atoms with Crippen LogP contribution >= 0.6 is 11.6 Å². The summed E-state index contributed by atoms with van der Waals surface area (Å²) >= 11 is 6.26. The SMILES string of the molecule is Cc1c(Cl)nc(C(C)C)nc1N1CC2CCC(C1)O2. The smallest absolute Gasteiger partial charge is 0.137 e. The van der Waals surface area contributed by atoms with E-state index in [1.807, 2.05) is 6.92 Å². The molecule has 104 valence electrons. The molecule has 2 aliphatic heterocycles. The Morgan fingerprint density at radius 1 is 1.21 bits per heavy atom. The molecular weight excluding hydrogens is 262 g/mol. The number of ether oxygens (including phenoxy) is 1. The van der Waals surface area contributed by atoms with Crippen LogP contribution in [0.2, 0.25) is 5.15 Å². The van der Waals surface area contributed by atoms with Gasteiger partial charge >= 0.3 is 0 Å². The Kier molecular flexibility index (Phi) is 3.39. The zero-order valence-electron chi connectivity index (χ0n) is 11.7. The van der Waals surface area contributed by atoms with Crippen LogP contribution in [0.5, 0.6) is 0 Å². The minimum absolute atomic E-state index is 0.287. The molecule has 0 amide bonds. The van der Waals surface area contributed by atoms with E-state index in [9.17, 15) is 0 Å². The van der Waals surface area contributed by atoms with Crippen molar-refractivity contribution in [2.45, 2.75) is 51.7 Å². The monoisotopic (exact) mass is 281 g/mol. The maximum absolute atomic E-state index is 6.26. The molecule has 5 heteroatoms. The first-order chi connectivity index (χ1) is 9.04. The van der Waals surface area contributed by atoms with Crippen LogP contribution in [-0.2, 0) is 4.74 Å². The number of fused-ring (bicyclic) bond motifs is 2. The first-order valence-electron chi connectivity index (χ1n) is 6.99. The molecule has 0 saturated carbocycles. The van der Waals surface area contributed by atoms with Crippen LogP contribution in [0.15, 0.2) is 0 Å². The van der Waals surface area contributed by atoms with Crippen LogP contribution < -0.4 is 4.90 Å². The van der Waals surface area contributed by atoms with E-state index >= 15 is 0 Å². The van der Waals surface area contributed by atoms with Crippen molar-refractivity contribution in [1.82, 2.24) is 9.97 Å². The second kappa shape index (κ2) is 4.91. The van der Waals surface area contributed by atoms with E-state index < -0.39 is 0 Å². The van der Waals surface area contributed by atoms with E-state index in [0.29, 0.717) is 17.4 Å². The van der Waals surface area contributed by atoms with Crippen molar-refractivity contribution in [3.63, 3.8) is 0 Å². The molecule has 2 bridgehead atoms. The second-order valence-electron chi connectivity index (χ2n) is 5.84. The molecule has 2 atom stereocenters. The van der Waals surface area contributed by atoms with Crippen molar-refractivity contribution in [3.05, 3.63) is 16.5 Å². The maximum Gasteiger partial charge on any atom is 0.137 e. The number of hydrogen-bond donors (Lipinski definition) is 0. The fourth-order valence-corrected chi connectivity index (χ4v) is 3.02. The first-order valence-corrected chi connectivity index (χ1v) is 7.37. The van der Waals surface area contributed by atoms with Gasteiger partial charge in [-0.25, -0.2) is 9.97 Å². The summed E-state index contributed by atoms with van der Waals surface area (Å²) in [5.41, 5.74) is 0.979. The van der Waals surface area contributed by atoms with Crippen LogP contribution in [-0.4, -0.2) is 35.3 Å². The first kappa shape index (κ1) is 13.1. The third-order valence-electron chi connectivity index (χ3n) is 3.94. The highest BCUT2D eigenvalue weighted by atomic mass is 35.5. The number of rotatable bonds is 2. The van der Waals surface area contributed by atoms with Gasteiger partial charge < -0.3 is 9.64 Å². The Bertz CT molecular complexity index is 480. The van der Waals surface area contributed by atoms with Gasteiger partial charge in [0.1, 0.15) is 16.8 Å². The predicted molar refractivity (Wildman–Crippen MR) is 76.0 cm³/mol. The Labute approximate surface area is 119 Å². The zero-order valence-corrected chi connectivity index (χ0v) is 12.4. The van der Waals surface area contributed by atoms with Gasteiger partial charge in [-0.15, -0.1) is 0 Å². The minimum atomic E-state index is 0.287. The van der Waals surface area contributed by atoms with Crippen molar-refractivity contribution < 1.29 is 4.74 Å². The molecule has 1 aromatic rings. The lowest BCUT2D eigenvalue weighted by Crippen LogP contribution is -2.43. The van der Waals surface area contributed by atoms with Crippen molar-refractivity contribution in [1.29, 1.82) is 0 Å². The third kappa shape index (κ3) is 2.43. The average Bonchev–Trinajstić information content (AvgIpc) is 2.71. The Hall–Kier alpha value is -0.870. The lowest BCUT2D eigenvalue weighted by molar-refractivity contribution is 0.0301. The molecular formula is C14H20ClN3O. The number of halogens is 1. The van der Waals surface area contributed by atoms with Crippen molar-refractivity contribution >= 4 is 17.4 Å². The molecule has 19 heavy (non-hydrogen) atoms. The van der Waals surface area contributed by atoms with Crippen molar-refractivity contribution in [3.8, 4) is 0 Å². The van der Waals surface area contributed by atoms with Crippen LogP contribution in [0.3, 0.4) is 0 Å². The fourth-order valence-electron chi connectivity index (χ4n) is 2.85. The summed E-state index contributed by atoms with van der Waals surface area (Å²) in [5, 5.41) is 0.576. The summed E-state index contributed by atoms with van der Waals surface area (Å²) in [4.78, 5) is 11.4. The Morgan fingerprint density at radius 3 is 2.42 bits per heavy atom. The van der Waals surface area contributed by atoms with E-state index in [-0.39, 0.29) is 5.92 Å². The quantitative estimate of drug-likeness (QED) is 0.781. The van der Waals surface area contributed by atoms with Crippen LogP contribution in [0, 0.1) is 6.92 Å². The molecule has 0 radical (unpaired) electrons. The number of aromatic nitrogens is 2. The molecule has 2 fully saturated rings. The molecule has 2 unspecified atom stereocenters. The standard InChI is InChI=1S/C14H20ClN3O/c1-8(2)13-16-12(15)9(3)14(17-13)18-6-10-4-5-11(7-18)19-10/h8,10-11H,4-7H2,1-3H3. The lowest BCUT2D eigenvalue weighted by Gasteiger charge is -2.34. The topological polar surface area (TPSA) is 38.2 Å². The molecule has 4 nitrogen and oxygen atoms in total. The molecule has 2 aliphatic rings. The number of anilines is 1. The normalized spacial score (nSPS) is 26.3. The van der Waals surface area contributed by atoms with Crippen molar-refractivity contribution in [2.75, 3.05) is 18.0 Å². The van der Waals surface area contributed by atoms with Crippen LogP contribution in [0.1, 0.15) is 44.0 Å². The van der Waals surface area contributed by atoms with Crippen LogP contribution in [0.25, 0.3) is 0 Å². The predicted octanol–water partition coefficient (Wildman–Crippen LogP) is 2.93. The van der Waals surface area contributed by atoms with Gasteiger partial charge in [0.05, 0.1) is 12.2 Å². The van der Waals surface area contributed by atoms with E-state index in [0.717, 1.165) is 43.1 Å². The number of hydrogen-bond acceptors (Lipinski definition) is 4. The summed E-state index contributed by atoms with van der Waals surface area (Å²) < 4.78 is 5.88. The average molecular weight is 282 g/mol. The van der Waals surface area contributed by atoms with Gasteiger partial charge in [0, 0.05) is 24.6 Å². The van der Waals surface area contributed by atoms with Gasteiger partial charge in [0.15, 0.2) is 0 Å². The minimum Gasteiger partial charge on any atom is -0.371 e. The highest BCUT2D eigenvalue weighted by molar-refractivity contribution is 6.30. The number of nitrogens with zero attached hydrogens (tertiary/aromatic N) is 3. The summed E-state index contributed by atoms with van der Waals surface area (Å²) in [6.07, 6.45) is 3.04. The Morgan fingerprint density at radius 2 is 1.84 bits per heavy atom. The van der Waals surface area contributed by atoms with Gasteiger partial charge in [-0.3, -0.25) is 0 Å². The number of morpholine rings is 1. The Balaban J connectivity index is 1.95. The largest absolute Gasteiger partial charge is 0.371 e. The fraction of sp³-hybridized carbons (Fsp3) is 0.714. The lowest BCUT2D eigenvalue weighted by atomic mass is 10.2.